The largest absolute Gasteiger partial charge is 0.377 e. The number of carbonyl (C=O) groups is 2. The summed E-state index contributed by atoms with van der Waals surface area (Å²) in [6, 6.07) is 10.2. The molecule has 10 nitrogen and oxygen atoms in total. The lowest BCUT2D eigenvalue weighted by Crippen LogP contribution is -2.50. The van der Waals surface area contributed by atoms with Crippen LogP contribution in [-0.4, -0.2) is 96.1 Å². The van der Waals surface area contributed by atoms with Gasteiger partial charge in [-0.05, 0) is 70.9 Å². The van der Waals surface area contributed by atoms with Crippen LogP contribution in [0, 0.1) is 0 Å². The summed E-state index contributed by atoms with van der Waals surface area (Å²) in [4.78, 5) is 42.7. The molecule has 3 amide bonds. The Kier molecular flexibility index (Phi) is 8.40. The molecule has 3 N–H and O–H groups in total. The molecule has 0 atom stereocenters. The van der Waals surface area contributed by atoms with Gasteiger partial charge in [0.05, 0.1) is 11.3 Å². The van der Waals surface area contributed by atoms with Crippen LogP contribution in [-0.2, 0) is 0 Å². The summed E-state index contributed by atoms with van der Waals surface area (Å²) in [5.41, 5.74) is 3.29. The van der Waals surface area contributed by atoms with Gasteiger partial charge in [-0.2, -0.15) is 0 Å². The number of anilines is 3. The van der Waals surface area contributed by atoms with Gasteiger partial charge in [-0.3, -0.25) is 9.69 Å². The molecule has 41 heavy (non-hydrogen) atoms. The van der Waals surface area contributed by atoms with Gasteiger partial charge in [-0.15, -0.1) is 0 Å². The number of nitrogens with zero attached hydrogens (tertiary/aromatic N) is 5. The Morgan fingerprint density at radius 2 is 1.80 bits per heavy atom. The van der Waals surface area contributed by atoms with Crippen molar-refractivity contribution in [3.05, 3.63) is 48.3 Å². The number of hydrogen-bond acceptors (Lipinski definition) is 6. The summed E-state index contributed by atoms with van der Waals surface area (Å²) in [5.74, 6) is 0.997. The molecule has 0 bridgehead atoms. The number of urea groups is 1. The monoisotopic (exact) mass is 560 g/mol. The predicted octanol–water partition coefficient (Wildman–Crippen LogP) is 4.37. The molecule has 2 aliphatic heterocycles. The van der Waals surface area contributed by atoms with Crippen LogP contribution >= 0.6 is 0 Å². The number of piperazine rings is 1. The lowest BCUT2D eigenvalue weighted by molar-refractivity contribution is 0.0714. The number of piperidine rings is 1. The van der Waals surface area contributed by atoms with Crippen molar-refractivity contribution in [2.75, 3.05) is 68.0 Å². The summed E-state index contributed by atoms with van der Waals surface area (Å²) in [5, 5.41) is 7.73. The van der Waals surface area contributed by atoms with Gasteiger partial charge in [0.15, 0.2) is 5.82 Å². The number of aromatic amines is 1. The maximum Gasteiger partial charge on any atom is 0.324 e. The minimum absolute atomic E-state index is 0.0226. The number of carbonyl (C=O) groups excluding carboxylic acids is 2. The number of pyridine rings is 1. The Labute approximate surface area is 243 Å². The van der Waals surface area contributed by atoms with E-state index in [1.807, 2.05) is 40.3 Å². The Hall–Kier alpha value is -3.79. The van der Waals surface area contributed by atoms with Gasteiger partial charge in [-0.1, -0.05) is 0 Å². The van der Waals surface area contributed by atoms with Crippen molar-refractivity contribution < 1.29 is 9.59 Å². The molecular formula is C31H44N8O2. The summed E-state index contributed by atoms with van der Waals surface area (Å²) < 4.78 is 0. The highest BCUT2D eigenvalue weighted by atomic mass is 16.2. The number of rotatable bonds is 6. The number of aromatic nitrogens is 2. The molecule has 5 rings (SSSR count). The molecule has 0 radical (unpaired) electrons. The van der Waals surface area contributed by atoms with Gasteiger partial charge in [0.2, 0.25) is 0 Å². The van der Waals surface area contributed by atoms with E-state index in [4.69, 9.17) is 4.98 Å². The molecule has 2 saturated heterocycles. The Morgan fingerprint density at radius 3 is 2.49 bits per heavy atom. The number of amides is 3. The third-order valence-corrected chi connectivity index (χ3v) is 8.06. The molecular weight excluding hydrogens is 516 g/mol. The fourth-order valence-corrected chi connectivity index (χ4v) is 5.93. The predicted molar refractivity (Wildman–Crippen MR) is 166 cm³/mol. The first-order valence-corrected chi connectivity index (χ1v) is 14.8. The van der Waals surface area contributed by atoms with E-state index < -0.39 is 0 Å². The fourth-order valence-electron chi connectivity index (χ4n) is 5.93. The van der Waals surface area contributed by atoms with Gasteiger partial charge < -0.3 is 30.3 Å². The van der Waals surface area contributed by atoms with E-state index in [1.165, 1.54) is 0 Å². The number of hydrogen-bond donors (Lipinski definition) is 3. The van der Waals surface area contributed by atoms with Gasteiger partial charge in [0, 0.05) is 93.4 Å². The summed E-state index contributed by atoms with van der Waals surface area (Å²) in [7, 11) is 1.80. The minimum atomic E-state index is -0.0701. The summed E-state index contributed by atoms with van der Waals surface area (Å²) in [6.07, 6.45) is 5.41. The van der Waals surface area contributed by atoms with Crippen LogP contribution in [0.3, 0.4) is 0 Å². The molecule has 4 heterocycles. The molecule has 0 aliphatic carbocycles. The maximum atomic E-state index is 13.7. The second-order valence-corrected chi connectivity index (χ2v) is 12.1. The SMILES string of the molecule is CCN(c1ncccc1NC(C)(C)C)C1CCN(C(=O)c2c[nH]c3ccc(N(C)C(=O)N4CCNCC4)cc23)CC1. The van der Waals surface area contributed by atoms with Crippen molar-refractivity contribution >= 4 is 40.0 Å². The normalized spacial score (nSPS) is 16.6. The van der Waals surface area contributed by atoms with Crippen LogP contribution in [0.25, 0.3) is 10.9 Å². The second kappa shape index (κ2) is 12.0. The Morgan fingerprint density at radius 1 is 1.07 bits per heavy atom. The van der Waals surface area contributed by atoms with Crippen LogP contribution < -0.4 is 20.4 Å². The van der Waals surface area contributed by atoms with Gasteiger partial charge in [0.25, 0.3) is 5.91 Å². The smallest absolute Gasteiger partial charge is 0.324 e. The molecule has 2 fully saturated rings. The highest BCUT2D eigenvalue weighted by Gasteiger charge is 2.30. The molecule has 2 aromatic heterocycles. The third-order valence-electron chi connectivity index (χ3n) is 8.06. The van der Waals surface area contributed by atoms with Crippen molar-refractivity contribution in [2.24, 2.45) is 0 Å². The van der Waals surface area contributed by atoms with E-state index in [1.54, 1.807) is 18.1 Å². The number of H-pyrrole nitrogens is 1. The molecule has 220 valence electrons. The zero-order chi connectivity index (χ0) is 29.1. The first kappa shape index (κ1) is 28.7. The lowest BCUT2D eigenvalue weighted by atomic mass is 10.0. The topological polar surface area (TPSA) is 99.8 Å². The summed E-state index contributed by atoms with van der Waals surface area (Å²) >= 11 is 0. The van der Waals surface area contributed by atoms with Gasteiger partial charge in [-0.25, -0.2) is 9.78 Å². The fraction of sp³-hybridized carbons (Fsp3) is 0.516. The number of benzene rings is 1. The van der Waals surface area contributed by atoms with Crippen LogP contribution in [0.4, 0.5) is 22.0 Å². The molecule has 0 saturated carbocycles. The van der Waals surface area contributed by atoms with Crippen molar-refractivity contribution in [3.8, 4) is 0 Å². The molecule has 0 spiro atoms. The maximum absolute atomic E-state index is 13.7. The van der Waals surface area contributed by atoms with Gasteiger partial charge in [0.1, 0.15) is 0 Å². The van der Waals surface area contributed by atoms with Crippen LogP contribution in [0.1, 0.15) is 50.9 Å². The Bertz CT molecular complexity index is 1370. The average Bonchev–Trinajstić information content (AvgIpc) is 3.40. The van der Waals surface area contributed by atoms with Crippen molar-refractivity contribution in [2.45, 2.75) is 52.1 Å². The Balaban J connectivity index is 1.28. The highest BCUT2D eigenvalue weighted by Crippen LogP contribution is 2.31. The van der Waals surface area contributed by atoms with Crippen LogP contribution in [0.2, 0.25) is 0 Å². The van der Waals surface area contributed by atoms with Crippen molar-refractivity contribution in [3.63, 3.8) is 0 Å². The molecule has 1 aromatic carbocycles. The van der Waals surface area contributed by atoms with E-state index >= 15 is 0 Å². The van der Waals surface area contributed by atoms with E-state index in [2.05, 4.69) is 54.3 Å². The van der Waals surface area contributed by atoms with E-state index in [0.717, 1.165) is 60.6 Å². The average molecular weight is 561 g/mol. The number of likely N-dealkylation sites (tertiary alicyclic amines) is 1. The highest BCUT2D eigenvalue weighted by molar-refractivity contribution is 6.08. The number of fused-ring (bicyclic) bond motifs is 1. The van der Waals surface area contributed by atoms with E-state index in [-0.39, 0.29) is 17.5 Å². The third kappa shape index (κ3) is 6.27. The van der Waals surface area contributed by atoms with E-state index in [9.17, 15) is 9.59 Å². The quantitative estimate of drug-likeness (QED) is 0.414. The first-order valence-electron chi connectivity index (χ1n) is 14.8. The molecule has 0 unspecified atom stereocenters. The zero-order valence-corrected chi connectivity index (χ0v) is 25.0. The standard InChI is InChI=1S/C31H44N8O2/c1-6-39(28-27(8-7-13-33-28)35-31(2,3)4)22-11-16-37(17-12-22)29(40)25-21-34-26-10-9-23(20-24(25)26)36(5)30(41)38-18-14-32-15-19-38/h7-10,13,20-22,32,34-35H,6,11-12,14-19H2,1-5H3. The zero-order valence-electron chi connectivity index (χ0n) is 25.0. The second-order valence-electron chi connectivity index (χ2n) is 12.1. The van der Waals surface area contributed by atoms with Crippen molar-refractivity contribution in [1.29, 1.82) is 0 Å². The first-order chi connectivity index (χ1) is 19.7. The van der Waals surface area contributed by atoms with E-state index in [0.29, 0.717) is 37.8 Å². The van der Waals surface area contributed by atoms with Crippen LogP contribution in [0.15, 0.2) is 42.7 Å². The minimum Gasteiger partial charge on any atom is -0.377 e. The molecule has 3 aromatic rings. The molecule has 10 heteroatoms. The van der Waals surface area contributed by atoms with Crippen molar-refractivity contribution in [1.82, 2.24) is 25.1 Å². The molecule has 2 aliphatic rings. The van der Waals surface area contributed by atoms with Crippen LogP contribution in [0.5, 0.6) is 0 Å². The lowest BCUT2D eigenvalue weighted by Gasteiger charge is -2.40. The van der Waals surface area contributed by atoms with Gasteiger partial charge >= 0.3 is 6.03 Å². The summed E-state index contributed by atoms with van der Waals surface area (Å²) in [6.45, 7) is 13.8. The number of nitrogens with one attached hydrogen (secondary N) is 3.